The van der Waals surface area contributed by atoms with Crippen molar-refractivity contribution in [3.05, 3.63) is 89.0 Å². The second-order valence-electron chi connectivity index (χ2n) is 14.3. The highest BCUT2D eigenvalue weighted by atomic mass is 35.5. The maximum atomic E-state index is 15.6. The van der Waals surface area contributed by atoms with Crippen molar-refractivity contribution in [3.8, 4) is 5.69 Å². The van der Waals surface area contributed by atoms with Crippen LogP contribution >= 0.6 is 11.6 Å². The maximum Gasteiger partial charge on any atom is 0.411 e. The minimum absolute atomic E-state index is 0.0499. The number of aliphatic imine (C=N–C) groups is 1. The fourth-order valence-electron chi connectivity index (χ4n) is 6.22. The molecular formula is C35H36ClF8N9O3. The Morgan fingerprint density at radius 2 is 1.82 bits per heavy atom. The van der Waals surface area contributed by atoms with Crippen LogP contribution in [0.2, 0.25) is 5.02 Å². The first-order valence-electron chi connectivity index (χ1n) is 16.8. The average molecular weight is 818 g/mol. The van der Waals surface area contributed by atoms with E-state index in [-0.39, 0.29) is 17.6 Å². The predicted molar refractivity (Wildman–Crippen MR) is 187 cm³/mol. The molecule has 2 aliphatic rings. The molecule has 0 saturated heterocycles. The molecule has 56 heavy (non-hydrogen) atoms. The van der Waals surface area contributed by atoms with Gasteiger partial charge in [0, 0.05) is 11.8 Å². The monoisotopic (exact) mass is 817 g/mol. The average Bonchev–Trinajstić information content (AvgIpc) is 3.39. The Balaban J connectivity index is 1.58. The van der Waals surface area contributed by atoms with Gasteiger partial charge in [0.2, 0.25) is 0 Å². The lowest BCUT2D eigenvalue weighted by molar-refractivity contribution is -0.164. The number of amides is 2. The lowest BCUT2D eigenvalue weighted by atomic mass is 9.75. The lowest BCUT2D eigenvalue weighted by Crippen LogP contribution is -2.50. The van der Waals surface area contributed by atoms with Crippen LogP contribution in [0.1, 0.15) is 82.9 Å². The topological polar surface area (TPSA) is 146 Å². The molecule has 5 rings (SSSR count). The molecule has 1 saturated carbocycles. The molecular weight excluding hydrogens is 782 g/mol. The minimum Gasteiger partial charge on any atom is -0.447 e. The van der Waals surface area contributed by atoms with Gasteiger partial charge in [-0.05, 0) is 60.4 Å². The summed E-state index contributed by atoms with van der Waals surface area (Å²) in [6, 6.07) is 0.186. The number of alkyl halides is 7. The van der Waals surface area contributed by atoms with Gasteiger partial charge in [0.1, 0.15) is 29.3 Å². The van der Waals surface area contributed by atoms with Gasteiger partial charge in [-0.3, -0.25) is 9.69 Å². The van der Waals surface area contributed by atoms with Crippen LogP contribution in [0, 0.1) is 11.2 Å². The molecule has 1 fully saturated rings. The fourth-order valence-corrected chi connectivity index (χ4v) is 6.41. The summed E-state index contributed by atoms with van der Waals surface area (Å²) in [5.74, 6) is -3.53. The van der Waals surface area contributed by atoms with E-state index in [0.29, 0.717) is 20.5 Å². The number of nitrogens with two attached hydrogens (primary N) is 1. The van der Waals surface area contributed by atoms with Crippen molar-refractivity contribution < 1.29 is 49.4 Å². The number of guanidine groups is 1. The first kappa shape index (κ1) is 41.9. The van der Waals surface area contributed by atoms with Gasteiger partial charge < -0.3 is 15.8 Å². The number of hydrogen-bond acceptors (Lipinski definition) is 8. The third-order valence-electron chi connectivity index (χ3n) is 9.08. The smallest absolute Gasteiger partial charge is 0.411 e. The van der Waals surface area contributed by atoms with E-state index < -0.39 is 101 Å². The van der Waals surface area contributed by atoms with E-state index in [1.54, 1.807) is 39.1 Å². The third kappa shape index (κ3) is 8.29. The number of benzene rings is 1. The van der Waals surface area contributed by atoms with Crippen LogP contribution in [0.3, 0.4) is 0 Å². The summed E-state index contributed by atoms with van der Waals surface area (Å²) >= 11 is 6.19. The van der Waals surface area contributed by atoms with Crippen LogP contribution in [0.5, 0.6) is 0 Å². The van der Waals surface area contributed by atoms with Crippen molar-refractivity contribution in [1.29, 1.82) is 0 Å². The molecule has 0 bridgehead atoms. The molecule has 21 heteroatoms. The number of carbonyl (C=O) groups excluding carboxylic acids is 2. The number of carbonyl (C=O) groups is 2. The van der Waals surface area contributed by atoms with E-state index in [1.807, 2.05) is 0 Å². The van der Waals surface area contributed by atoms with Crippen LogP contribution in [0.15, 0.2) is 66.2 Å². The highest BCUT2D eigenvalue weighted by molar-refractivity contribution is 6.32. The van der Waals surface area contributed by atoms with Crippen molar-refractivity contribution in [2.75, 3.05) is 6.61 Å². The maximum absolute atomic E-state index is 15.6. The number of rotatable bonds is 13. The number of alkyl carbamates (subject to hydrolysis) is 1. The number of nitrogens with zero attached hydrogens (tertiary/aromatic N) is 7. The van der Waals surface area contributed by atoms with Crippen LogP contribution in [0.25, 0.3) is 11.3 Å². The Morgan fingerprint density at radius 3 is 2.38 bits per heavy atom. The highest BCUT2D eigenvalue weighted by Crippen LogP contribution is 2.49. The molecule has 3 N–H and O–H groups in total. The Morgan fingerprint density at radius 1 is 1.14 bits per heavy atom. The number of hydrogen-bond donors (Lipinski definition) is 2. The summed E-state index contributed by atoms with van der Waals surface area (Å²) < 4.78 is 117. The summed E-state index contributed by atoms with van der Waals surface area (Å²) in [5, 5.41) is 8.46. The predicted octanol–water partition coefficient (Wildman–Crippen LogP) is 8.00. The molecule has 2 atom stereocenters. The molecule has 12 nitrogen and oxygen atoms in total. The van der Waals surface area contributed by atoms with E-state index in [9.17, 15) is 40.3 Å². The Bertz CT molecular complexity index is 2100. The molecule has 2 amide bonds. The summed E-state index contributed by atoms with van der Waals surface area (Å²) in [6.07, 6.45) is -2.84. The van der Waals surface area contributed by atoms with Crippen LogP contribution < -0.4 is 11.1 Å². The molecule has 0 spiro atoms. The Kier molecular flexibility index (Phi) is 11.5. The van der Waals surface area contributed by atoms with Crippen molar-refractivity contribution in [1.82, 2.24) is 34.8 Å². The van der Waals surface area contributed by atoms with Crippen LogP contribution in [-0.4, -0.2) is 71.3 Å². The first-order chi connectivity index (χ1) is 26.0. The van der Waals surface area contributed by atoms with Crippen molar-refractivity contribution in [3.63, 3.8) is 0 Å². The number of ether oxygens (including phenoxy) is 1. The largest absolute Gasteiger partial charge is 0.447 e. The van der Waals surface area contributed by atoms with Crippen molar-refractivity contribution >= 4 is 35.1 Å². The molecule has 1 aliphatic carbocycles. The Labute approximate surface area is 319 Å². The quantitative estimate of drug-likeness (QED) is 0.131. The van der Waals surface area contributed by atoms with Crippen LogP contribution in [-0.2, 0) is 9.53 Å². The van der Waals surface area contributed by atoms with Gasteiger partial charge in [-0.25, -0.2) is 37.3 Å². The summed E-state index contributed by atoms with van der Waals surface area (Å²) in [7, 11) is 0. The van der Waals surface area contributed by atoms with E-state index in [0.717, 1.165) is 29.6 Å². The van der Waals surface area contributed by atoms with E-state index in [4.69, 9.17) is 22.1 Å². The van der Waals surface area contributed by atoms with Gasteiger partial charge >= 0.3 is 18.8 Å². The zero-order chi connectivity index (χ0) is 41.5. The molecule has 0 radical (unpaired) electrons. The normalized spacial score (nSPS) is 19.3. The minimum atomic E-state index is -4.81. The molecule has 2 aromatic heterocycles. The molecule has 302 valence electrons. The van der Waals surface area contributed by atoms with E-state index >= 15 is 4.39 Å². The van der Waals surface area contributed by atoms with Crippen LogP contribution in [0.4, 0.5) is 39.9 Å². The molecule has 1 aliphatic heterocycles. The standard InChI is InChI=1S/C35H36ClF8N9O3/c1-6-19(21-13-47-51(14-21)29(40)41)8-7-18(2)34(16-32(3,4)5)28(54)52(30(45)49-34)24(15-56-31(55)50-33(9-10-33)35(42,43)44)20-11-22(37)25(36)23(12-20)53-27(26(38)39)46-17-48-53/h6-8,11-14,17,24,26,29H,2,9-10,15-16H2,1,3-5H3,(H2,45,49)(H,50,55)/b8-7-,19-6+/t24-,34-/m1/s1. The molecule has 3 aromatic rings. The van der Waals surface area contributed by atoms with Crippen molar-refractivity contribution in [2.24, 2.45) is 16.1 Å². The fraction of sp³-hybridized carbons (Fsp3) is 0.429. The van der Waals surface area contributed by atoms with Gasteiger partial charge in [0.15, 0.2) is 17.3 Å². The molecule has 0 unspecified atom stereocenters. The van der Waals surface area contributed by atoms with Crippen molar-refractivity contribution in [2.45, 2.75) is 83.2 Å². The summed E-state index contributed by atoms with van der Waals surface area (Å²) in [4.78, 5) is 36.5. The van der Waals surface area contributed by atoms with Gasteiger partial charge in [0.05, 0.1) is 17.9 Å². The zero-order valence-electron chi connectivity index (χ0n) is 30.2. The highest BCUT2D eigenvalue weighted by Gasteiger charge is 2.64. The van der Waals surface area contributed by atoms with Gasteiger partial charge in [-0.2, -0.15) is 32.1 Å². The zero-order valence-corrected chi connectivity index (χ0v) is 31.0. The number of aromatic nitrogens is 5. The van der Waals surface area contributed by atoms with Gasteiger partial charge in [-0.1, -0.05) is 57.2 Å². The second-order valence-corrected chi connectivity index (χ2v) is 14.7. The molecule has 1 aromatic carbocycles. The number of nitrogens with one attached hydrogen (secondary N) is 1. The SMILES string of the molecule is C=C(/C=C\C(=C/C)c1cnn(C(F)F)c1)[C@@]1(CC(C)(C)C)N=C(N)N([C@H](COC(=O)NC2(C(F)(F)F)CC2)c2cc(F)c(Cl)c(-n3ncnc3C(F)F)c2)C1=O. The third-order valence-corrected chi connectivity index (χ3v) is 9.46. The molecule has 3 heterocycles. The lowest BCUT2D eigenvalue weighted by Gasteiger charge is -2.35. The number of allylic oxidation sites excluding steroid dienone is 3. The Hall–Kier alpha value is -5.27. The number of halogens is 9. The first-order valence-corrected chi connectivity index (χ1v) is 17.2. The van der Waals surface area contributed by atoms with Gasteiger partial charge in [0.25, 0.3) is 12.3 Å². The second kappa shape index (κ2) is 15.3. The summed E-state index contributed by atoms with van der Waals surface area (Å²) in [5.41, 5.74) is 1.34. The van der Waals surface area contributed by atoms with E-state index in [1.165, 1.54) is 18.3 Å². The van der Waals surface area contributed by atoms with E-state index in [2.05, 4.69) is 26.8 Å². The summed E-state index contributed by atoms with van der Waals surface area (Å²) in [6.45, 7) is 7.21. The van der Waals surface area contributed by atoms with Gasteiger partial charge in [-0.15, -0.1) is 0 Å².